The van der Waals surface area contributed by atoms with E-state index in [1.165, 1.54) is 11.3 Å². The summed E-state index contributed by atoms with van der Waals surface area (Å²) in [6.07, 6.45) is 2.18. The van der Waals surface area contributed by atoms with Crippen molar-refractivity contribution >= 4 is 45.2 Å². The Balaban J connectivity index is 2.03. The number of methoxy groups -OCH3 is 2. The lowest BCUT2D eigenvalue weighted by Gasteiger charge is -2.09. The number of fused-ring (bicyclic) bond motifs is 1. The van der Waals surface area contributed by atoms with Crippen molar-refractivity contribution in [1.82, 2.24) is 4.57 Å². The molecule has 164 valence electrons. The summed E-state index contributed by atoms with van der Waals surface area (Å²) in [5.41, 5.74) is 1.60. The highest BCUT2D eigenvalue weighted by molar-refractivity contribution is 7.98. The third-order valence-electron chi connectivity index (χ3n) is 4.52. The molecule has 31 heavy (non-hydrogen) atoms. The van der Waals surface area contributed by atoms with Crippen LogP contribution in [0.3, 0.4) is 0 Å². The van der Waals surface area contributed by atoms with Crippen LogP contribution < -0.4 is 14.3 Å². The Kier molecular flexibility index (Phi) is 7.75. The molecule has 1 aromatic heterocycles. The van der Waals surface area contributed by atoms with Crippen molar-refractivity contribution < 1.29 is 23.8 Å². The van der Waals surface area contributed by atoms with Crippen LogP contribution in [0.5, 0.6) is 11.5 Å². The summed E-state index contributed by atoms with van der Waals surface area (Å²) in [6.45, 7) is 1.97. The maximum atomic E-state index is 12.7. The molecule has 0 spiro atoms. The molecule has 0 aliphatic heterocycles. The molecular formula is C22H24N2O5S2. The Hall–Kier alpha value is -2.78. The van der Waals surface area contributed by atoms with Crippen LogP contribution in [0.1, 0.15) is 12.5 Å². The molecular weight excluding hydrogens is 436 g/mol. The predicted molar refractivity (Wildman–Crippen MR) is 122 cm³/mol. The van der Waals surface area contributed by atoms with E-state index < -0.39 is 5.97 Å². The van der Waals surface area contributed by atoms with E-state index >= 15 is 0 Å². The predicted octanol–water partition coefficient (Wildman–Crippen LogP) is 3.68. The number of carbonyl (C=O) groups is 2. The third kappa shape index (κ3) is 5.48. The van der Waals surface area contributed by atoms with Crippen molar-refractivity contribution in [2.45, 2.75) is 24.8 Å². The Labute approximate surface area is 188 Å². The molecule has 0 saturated heterocycles. The van der Waals surface area contributed by atoms with Gasteiger partial charge in [0.1, 0.15) is 6.54 Å². The number of thiazole rings is 1. The Morgan fingerprint density at radius 2 is 1.77 bits per heavy atom. The summed E-state index contributed by atoms with van der Waals surface area (Å²) in [6, 6.07) is 11.4. The van der Waals surface area contributed by atoms with Crippen LogP contribution in [0.15, 0.2) is 46.3 Å². The highest BCUT2D eigenvalue weighted by Crippen LogP contribution is 2.33. The number of aromatic nitrogens is 1. The molecule has 0 radical (unpaired) electrons. The largest absolute Gasteiger partial charge is 0.493 e. The van der Waals surface area contributed by atoms with Crippen LogP contribution in [0.4, 0.5) is 0 Å². The van der Waals surface area contributed by atoms with Crippen LogP contribution in [0, 0.1) is 0 Å². The first kappa shape index (κ1) is 22.9. The van der Waals surface area contributed by atoms with Crippen LogP contribution in [0.2, 0.25) is 0 Å². The molecule has 3 aromatic rings. The van der Waals surface area contributed by atoms with E-state index in [0.29, 0.717) is 21.8 Å². The van der Waals surface area contributed by atoms with E-state index in [1.807, 2.05) is 36.6 Å². The van der Waals surface area contributed by atoms with Crippen LogP contribution in [-0.4, -0.2) is 43.5 Å². The first-order chi connectivity index (χ1) is 15.0. The van der Waals surface area contributed by atoms with Crippen molar-refractivity contribution in [3.05, 3.63) is 46.8 Å². The number of benzene rings is 2. The third-order valence-corrected chi connectivity index (χ3v) is 6.30. The molecule has 7 nitrogen and oxygen atoms in total. The lowest BCUT2D eigenvalue weighted by molar-refractivity contribution is -0.143. The highest BCUT2D eigenvalue weighted by atomic mass is 32.2. The van der Waals surface area contributed by atoms with E-state index in [0.717, 1.165) is 15.2 Å². The van der Waals surface area contributed by atoms with Crippen molar-refractivity contribution in [1.29, 1.82) is 0 Å². The van der Waals surface area contributed by atoms with Gasteiger partial charge in [-0.1, -0.05) is 23.5 Å². The second-order valence-corrected chi connectivity index (χ2v) is 8.37. The standard InChI is InChI=1S/C22H24N2O5S2/c1-5-29-21(26)13-24-16-11-17(27-2)18(28-3)12-19(16)31-22(24)23-20(25)10-14-6-8-15(30-4)9-7-14/h6-9,11-12H,5,10,13H2,1-4H3. The summed E-state index contributed by atoms with van der Waals surface area (Å²) < 4.78 is 18.4. The van der Waals surface area contributed by atoms with Gasteiger partial charge in [0.2, 0.25) is 0 Å². The summed E-state index contributed by atoms with van der Waals surface area (Å²) in [5.74, 6) is 0.391. The highest BCUT2D eigenvalue weighted by Gasteiger charge is 2.16. The van der Waals surface area contributed by atoms with Gasteiger partial charge in [-0.2, -0.15) is 4.99 Å². The molecule has 1 heterocycles. The molecule has 0 bridgehead atoms. The number of rotatable bonds is 8. The van der Waals surface area contributed by atoms with Gasteiger partial charge in [0.25, 0.3) is 5.91 Å². The number of hydrogen-bond acceptors (Lipinski definition) is 7. The number of ether oxygens (including phenoxy) is 3. The van der Waals surface area contributed by atoms with Gasteiger partial charge in [0.05, 0.1) is 37.5 Å². The molecule has 3 rings (SSSR count). The fraction of sp³-hybridized carbons (Fsp3) is 0.318. The van der Waals surface area contributed by atoms with Crippen LogP contribution >= 0.6 is 23.1 Å². The average molecular weight is 461 g/mol. The van der Waals surface area contributed by atoms with Gasteiger partial charge < -0.3 is 18.8 Å². The minimum Gasteiger partial charge on any atom is -0.493 e. The molecule has 1 amide bonds. The fourth-order valence-electron chi connectivity index (χ4n) is 3.03. The summed E-state index contributed by atoms with van der Waals surface area (Å²) in [5, 5.41) is 0. The van der Waals surface area contributed by atoms with E-state index in [2.05, 4.69) is 4.99 Å². The Morgan fingerprint density at radius 3 is 2.39 bits per heavy atom. The zero-order chi connectivity index (χ0) is 22.4. The summed E-state index contributed by atoms with van der Waals surface area (Å²) >= 11 is 2.95. The van der Waals surface area contributed by atoms with Gasteiger partial charge in [-0.05, 0) is 30.9 Å². The van der Waals surface area contributed by atoms with Crippen LogP contribution in [0.25, 0.3) is 10.2 Å². The molecule has 0 saturated carbocycles. The van der Waals surface area contributed by atoms with Gasteiger partial charge in [0.15, 0.2) is 16.3 Å². The lowest BCUT2D eigenvalue weighted by atomic mass is 10.1. The van der Waals surface area contributed by atoms with Gasteiger partial charge in [-0.15, -0.1) is 11.8 Å². The number of amides is 1. The number of esters is 1. The molecule has 0 N–H and O–H groups in total. The smallest absolute Gasteiger partial charge is 0.326 e. The number of carbonyl (C=O) groups excluding carboxylic acids is 2. The first-order valence-electron chi connectivity index (χ1n) is 9.60. The van der Waals surface area contributed by atoms with E-state index in [4.69, 9.17) is 14.2 Å². The molecule has 9 heteroatoms. The Bertz CT molecular complexity index is 1150. The summed E-state index contributed by atoms with van der Waals surface area (Å²) in [4.78, 5) is 30.7. The van der Waals surface area contributed by atoms with E-state index in [-0.39, 0.29) is 25.5 Å². The van der Waals surface area contributed by atoms with Gasteiger partial charge in [-0.25, -0.2) is 0 Å². The first-order valence-corrected chi connectivity index (χ1v) is 11.6. The zero-order valence-corrected chi connectivity index (χ0v) is 19.5. The second kappa shape index (κ2) is 10.5. The number of nitrogens with zero attached hydrogens (tertiary/aromatic N) is 2. The average Bonchev–Trinajstić information content (AvgIpc) is 3.08. The van der Waals surface area contributed by atoms with Gasteiger partial charge >= 0.3 is 5.97 Å². The zero-order valence-electron chi connectivity index (χ0n) is 17.8. The maximum Gasteiger partial charge on any atom is 0.326 e. The topological polar surface area (TPSA) is 79.1 Å². The number of thioether (sulfide) groups is 1. The Morgan fingerprint density at radius 1 is 1.10 bits per heavy atom. The normalized spacial score (nSPS) is 11.5. The minimum absolute atomic E-state index is 0.0577. The number of hydrogen-bond donors (Lipinski definition) is 0. The molecule has 0 aliphatic rings. The fourth-order valence-corrected chi connectivity index (χ4v) is 4.50. The minimum atomic E-state index is -0.404. The van der Waals surface area contributed by atoms with Crippen molar-refractivity contribution in [3.63, 3.8) is 0 Å². The lowest BCUT2D eigenvalue weighted by Crippen LogP contribution is -2.23. The van der Waals surface area contributed by atoms with E-state index in [1.54, 1.807) is 43.5 Å². The van der Waals surface area contributed by atoms with Crippen LogP contribution in [-0.2, 0) is 27.3 Å². The summed E-state index contributed by atoms with van der Waals surface area (Å²) in [7, 11) is 3.10. The molecule has 0 aliphatic carbocycles. The second-order valence-electron chi connectivity index (χ2n) is 6.48. The molecule has 0 fully saturated rings. The van der Waals surface area contributed by atoms with Gasteiger partial charge in [-0.3, -0.25) is 9.59 Å². The van der Waals surface area contributed by atoms with Crippen molar-refractivity contribution in [2.75, 3.05) is 27.1 Å². The van der Waals surface area contributed by atoms with Gasteiger partial charge in [0, 0.05) is 17.0 Å². The SMILES string of the molecule is CCOC(=O)Cn1c(=NC(=O)Cc2ccc(SC)cc2)sc2cc(OC)c(OC)cc21. The van der Waals surface area contributed by atoms with Crippen molar-refractivity contribution in [2.24, 2.45) is 4.99 Å². The quantitative estimate of drug-likeness (QED) is 0.377. The molecule has 0 unspecified atom stereocenters. The van der Waals surface area contributed by atoms with Crippen molar-refractivity contribution in [3.8, 4) is 11.5 Å². The monoisotopic (exact) mass is 460 g/mol. The molecule has 0 atom stereocenters. The maximum absolute atomic E-state index is 12.7. The molecule has 2 aromatic carbocycles. The van der Waals surface area contributed by atoms with E-state index in [9.17, 15) is 9.59 Å².